The monoisotopic (exact) mass is 300 g/mol. The SMILES string of the molecule is C[C@H](C(N)=O)N(C)CCOc1ccc(Br)cc1. The third-order valence-electron chi connectivity index (χ3n) is 2.60. The Hall–Kier alpha value is -1.07. The van der Waals surface area contributed by atoms with Crippen molar-refractivity contribution in [2.24, 2.45) is 5.73 Å². The Morgan fingerprint density at radius 3 is 2.59 bits per heavy atom. The van der Waals surface area contributed by atoms with Crippen molar-refractivity contribution in [2.75, 3.05) is 20.2 Å². The highest BCUT2D eigenvalue weighted by molar-refractivity contribution is 9.10. The van der Waals surface area contributed by atoms with Crippen LogP contribution in [0.2, 0.25) is 0 Å². The van der Waals surface area contributed by atoms with E-state index in [1.54, 1.807) is 6.92 Å². The van der Waals surface area contributed by atoms with E-state index < -0.39 is 0 Å². The first-order chi connectivity index (χ1) is 8.00. The summed E-state index contributed by atoms with van der Waals surface area (Å²) >= 11 is 3.36. The number of nitrogens with two attached hydrogens (primary N) is 1. The van der Waals surface area contributed by atoms with Gasteiger partial charge in [-0.3, -0.25) is 9.69 Å². The molecule has 0 aliphatic heterocycles. The molecular weight excluding hydrogens is 284 g/mol. The van der Waals surface area contributed by atoms with Crippen molar-refractivity contribution < 1.29 is 9.53 Å². The first kappa shape index (κ1) is 14.0. The van der Waals surface area contributed by atoms with E-state index in [1.807, 2.05) is 36.2 Å². The maximum atomic E-state index is 10.9. The summed E-state index contributed by atoms with van der Waals surface area (Å²) in [5.41, 5.74) is 5.21. The number of halogens is 1. The minimum absolute atomic E-state index is 0.275. The summed E-state index contributed by atoms with van der Waals surface area (Å²) < 4.78 is 6.56. The number of carbonyl (C=O) groups excluding carboxylic acids is 1. The molecule has 4 nitrogen and oxygen atoms in total. The topological polar surface area (TPSA) is 55.6 Å². The van der Waals surface area contributed by atoms with E-state index in [0.717, 1.165) is 10.2 Å². The Labute approximate surface area is 110 Å². The summed E-state index contributed by atoms with van der Waals surface area (Å²) in [5.74, 6) is 0.490. The fraction of sp³-hybridized carbons (Fsp3) is 0.417. The van der Waals surface area contributed by atoms with Gasteiger partial charge in [-0.25, -0.2) is 0 Å². The standard InChI is InChI=1S/C12H17BrN2O2/c1-9(12(14)16)15(2)7-8-17-11-5-3-10(13)4-6-11/h3-6,9H,7-8H2,1-2H3,(H2,14,16)/t9-/m1/s1. The maximum Gasteiger partial charge on any atom is 0.234 e. The van der Waals surface area contributed by atoms with Crippen LogP contribution in [0.15, 0.2) is 28.7 Å². The van der Waals surface area contributed by atoms with E-state index in [1.165, 1.54) is 0 Å². The average Bonchev–Trinajstić information content (AvgIpc) is 2.30. The van der Waals surface area contributed by atoms with Crippen LogP contribution in [0.5, 0.6) is 5.75 Å². The predicted molar refractivity (Wildman–Crippen MR) is 70.9 cm³/mol. The molecule has 0 unspecified atom stereocenters. The fourth-order valence-corrected chi connectivity index (χ4v) is 1.51. The minimum Gasteiger partial charge on any atom is -0.492 e. The molecule has 94 valence electrons. The van der Waals surface area contributed by atoms with Crippen molar-refractivity contribution in [3.63, 3.8) is 0 Å². The molecule has 1 amide bonds. The van der Waals surface area contributed by atoms with Crippen LogP contribution < -0.4 is 10.5 Å². The number of carbonyl (C=O) groups is 1. The Kier molecular flexibility index (Phi) is 5.44. The molecule has 17 heavy (non-hydrogen) atoms. The van der Waals surface area contributed by atoms with E-state index in [-0.39, 0.29) is 11.9 Å². The third-order valence-corrected chi connectivity index (χ3v) is 3.13. The van der Waals surface area contributed by atoms with Crippen molar-refractivity contribution in [3.8, 4) is 5.75 Å². The molecule has 0 aromatic heterocycles. The van der Waals surface area contributed by atoms with Crippen molar-refractivity contribution >= 4 is 21.8 Å². The molecule has 1 atom stereocenters. The van der Waals surface area contributed by atoms with Gasteiger partial charge in [0.15, 0.2) is 0 Å². The zero-order valence-corrected chi connectivity index (χ0v) is 11.6. The van der Waals surface area contributed by atoms with Gasteiger partial charge in [-0.15, -0.1) is 0 Å². The normalized spacial score (nSPS) is 12.5. The van der Waals surface area contributed by atoms with Crippen LogP contribution in [0.25, 0.3) is 0 Å². The number of amides is 1. The van der Waals surface area contributed by atoms with Gasteiger partial charge in [0.05, 0.1) is 6.04 Å². The molecule has 0 radical (unpaired) electrons. The summed E-state index contributed by atoms with van der Waals surface area (Å²) in [6.07, 6.45) is 0. The van der Waals surface area contributed by atoms with E-state index in [0.29, 0.717) is 13.2 Å². The van der Waals surface area contributed by atoms with Crippen molar-refractivity contribution in [1.29, 1.82) is 0 Å². The summed E-state index contributed by atoms with van der Waals surface area (Å²) in [7, 11) is 1.85. The molecule has 1 aromatic carbocycles. The average molecular weight is 301 g/mol. The van der Waals surface area contributed by atoms with Gasteiger partial charge in [0.25, 0.3) is 0 Å². The molecule has 0 bridgehead atoms. The van der Waals surface area contributed by atoms with Crippen molar-refractivity contribution in [1.82, 2.24) is 4.90 Å². The zero-order valence-electron chi connectivity index (χ0n) is 10.0. The van der Waals surface area contributed by atoms with E-state index in [9.17, 15) is 4.79 Å². The van der Waals surface area contributed by atoms with Crippen LogP contribution in [-0.2, 0) is 4.79 Å². The highest BCUT2D eigenvalue weighted by atomic mass is 79.9. The third kappa shape index (κ3) is 4.75. The Morgan fingerprint density at radius 2 is 2.06 bits per heavy atom. The van der Waals surface area contributed by atoms with Crippen LogP contribution in [0.3, 0.4) is 0 Å². The lowest BCUT2D eigenvalue weighted by molar-refractivity contribution is -0.122. The highest BCUT2D eigenvalue weighted by Gasteiger charge is 2.13. The lowest BCUT2D eigenvalue weighted by Gasteiger charge is -2.21. The number of rotatable bonds is 6. The second kappa shape index (κ2) is 6.61. The van der Waals surface area contributed by atoms with Crippen LogP contribution >= 0.6 is 15.9 Å². The smallest absolute Gasteiger partial charge is 0.234 e. The molecule has 0 aliphatic carbocycles. The second-order valence-corrected chi connectivity index (χ2v) is 4.78. The zero-order chi connectivity index (χ0) is 12.8. The lowest BCUT2D eigenvalue weighted by Crippen LogP contribution is -2.41. The van der Waals surface area contributed by atoms with Gasteiger partial charge in [-0.2, -0.15) is 0 Å². The van der Waals surface area contributed by atoms with Gasteiger partial charge in [0.1, 0.15) is 12.4 Å². The molecule has 0 saturated carbocycles. The quantitative estimate of drug-likeness (QED) is 0.869. The number of hydrogen-bond acceptors (Lipinski definition) is 3. The largest absolute Gasteiger partial charge is 0.492 e. The molecule has 0 fully saturated rings. The van der Waals surface area contributed by atoms with E-state index in [4.69, 9.17) is 10.5 Å². The Bertz CT molecular complexity index is 367. The summed E-state index contributed by atoms with van der Waals surface area (Å²) in [5, 5.41) is 0. The number of benzene rings is 1. The summed E-state index contributed by atoms with van der Waals surface area (Å²) in [4.78, 5) is 12.8. The first-order valence-electron chi connectivity index (χ1n) is 5.38. The molecule has 2 N–H and O–H groups in total. The predicted octanol–water partition coefficient (Wildman–Crippen LogP) is 1.63. The summed E-state index contributed by atoms with van der Waals surface area (Å²) in [6, 6.07) is 7.35. The number of primary amides is 1. The van der Waals surface area contributed by atoms with Gasteiger partial charge >= 0.3 is 0 Å². The maximum absolute atomic E-state index is 10.9. The Balaban J connectivity index is 2.32. The van der Waals surface area contributed by atoms with Crippen LogP contribution in [0, 0.1) is 0 Å². The molecule has 0 aliphatic rings. The fourth-order valence-electron chi connectivity index (χ4n) is 1.25. The van der Waals surface area contributed by atoms with Crippen molar-refractivity contribution in [3.05, 3.63) is 28.7 Å². The van der Waals surface area contributed by atoms with E-state index >= 15 is 0 Å². The highest BCUT2D eigenvalue weighted by Crippen LogP contribution is 2.15. The van der Waals surface area contributed by atoms with Crippen LogP contribution in [0.4, 0.5) is 0 Å². The lowest BCUT2D eigenvalue weighted by atomic mass is 10.3. The molecule has 0 saturated heterocycles. The molecule has 0 heterocycles. The molecule has 1 aromatic rings. The number of hydrogen-bond donors (Lipinski definition) is 1. The first-order valence-corrected chi connectivity index (χ1v) is 6.18. The summed E-state index contributed by atoms with van der Waals surface area (Å²) in [6.45, 7) is 2.96. The number of likely N-dealkylation sites (N-methyl/N-ethyl adjacent to an activating group) is 1. The van der Waals surface area contributed by atoms with Gasteiger partial charge in [-0.05, 0) is 38.2 Å². The van der Waals surface area contributed by atoms with Gasteiger partial charge < -0.3 is 10.5 Å². The second-order valence-electron chi connectivity index (χ2n) is 3.86. The molecule has 5 heteroatoms. The van der Waals surface area contributed by atoms with Crippen LogP contribution in [0.1, 0.15) is 6.92 Å². The van der Waals surface area contributed by atoms with Gasteiger partial charge in [-0.1, -0.05) is 15.9 Å². The molecule has 1 rings (SSSR count). The van der Waals surface area contributed by atoms with Gasteiger partial charge in [0, 0.05) is 11.0 Å². The molecular formula is C12H17BrN2O2. The number of ether oxygens (including phenoxy) is 1. The molecule has 0 spiro atoms. The Morgan fingerprint density at radius 1 is 1.47 bits per heavy atom. The minimum atomic E-state index is -0.323. The van der Waals surface area contributed by atoms with Gasteiger partial charge in [0.2, 0.25) is 5.91 Å². The van der Waals surface area contributed by atoms with Crippen LogP contribution in [-0.4, -0.2) is 37.0 Å². The number of nitrogens with zero attached hydrogens (tertiary/aromatic N) is 1. The van der Waals surface area contributed by atoms with Crippen molar-refractivity contribution in [2.45, 2.75) is 13.0 Å². The van der Waals surface area contributed by atoms with E-state index in [2.05, 4.69) is 15.9 Å².